The maximum absolute atomic E-state index is 13.0. The molecular weight excluding hydrogens is 439 g/mol. The predicted molar refractivity (Wildman–Crippen MR) is 113 cm³/mol. The lowest BCUT2D eigenvalue weighted by molar-refractivity contribution is -0.274. The molecule has 0 bridgehead atoms. The molecule has 4 rings (SSSR count). The summed E-state index contributed by atoms with van der Waals surface area (Å²) in [6.45, 7) is 1.12. The molecule has 0 fully saturated rings. The van der Waals surface area contributed by atoms with Crippen molar-refractivity contribution >= 4 is 5.91 Å². The first kappa shape index (κ1) is 22.7. The number of hydrogen-bond acceptors (Lipinski definition) is 5. The van der Waals surface area contributed by atoms with Gasteiger partial charge < -0.3 is 24.5 Å². The van der Waals surface area contributed by atoms with Gasteiger partial charge in [0, 0.05) is 44.0 Å². The van der Waals surface area contributed by atoms with Gasteiger partial charge >= 0.3 is 6.36 Å². The molecule has 1 aliphatic heterocycles. The van der Waals surface area contributed by atoms with Crippen LogP contribution in [0.2, 0.25) is 0 Å². The minimum atomic E-state index is -4.83. The number of alkyl halides is 3. The molecule has 1 aromatic carbocycles. The fourth-order valence-corrected chi connectivity index (χ4v) is 3.85. The van der Waals surface area contributed by atoms with Crippen molar-refractivity contribution in [3.63, 3.8) is 0 Å². The summed E-state index contributed by atoms with van der Waals surface area (Å²) in [5.41, 5.74) is 3.24. The smallest absolute Gasteiger partial charge is 0.489 e. The summed E-state index contributed by atoms with van der Waals surface area (Å²) >= 11 is 0. The molecule has 0 unspecified atom stereocenters. The molecule has 0 radical (unpaired) electrons. The largest absolute Gasteiger partial charge is 0.573 e. The Kier molecular flexibility index (Phi) is 6.55. The van der Waals surface area contributed by atoms with E-state index in [9.17, 15) is 18.0 Å². The van der Waals surface area contributed by atoms with Crippen LogP contribution >= 0.6 is 0 Å². The van der Waals surface area contributed by atoms with Gasteiger partial charge in [-0.1, -0.05) is 18.2 Å². The van der Waals surface area contributed by atoms with Crippen LogP contribution in [0.25, 0.3) is 11.3 Å². The summed E-state index contributed by atoms with van der Waals surface area (Å²) in [5, 5.41) is 2.81. The molecule has 2 aromatic heterocycles. The first-order valence-electron chi connectivity index (χ1n) is 10.3. The van der Waals surface area contributed by atoms with Crippen LogP contribution in [0, 0.1) is 0 Å². The van der Waals surface area contributed by atoms with Gasteiger partial charge in [-0.3, -0.25) is 9.78 Å². The maximum Gasteiger partial charge on any atom is 0.573 e. The van der Waals surface area contributed by atoms with Gasteiger partial charge in [0.05, 0.1) is 24.1 Å². The Balaban J connectivity index is 1.81. The second-order valence-electron chi connectivity index (χ2n) is 7.38. The molecular formula is C23H22F3N3O4. The van der Waals surface area contributed by atoms with Gasteiger partial charge in [-0.15, -0.1) is 13.2 Å². The molecule has 10 heteroatoms. The highest BCUT2D eigenvalue weighted by molar-refractivity contribution is 6.00. The number of para-hydroxylation sites is 1. The highest BCUT2D eigenvalue weighted by atomic mass is 19.4. The molecule has 174 valence electrons. The Morgan fingerprint density at radius 1 is 1.12 bits per heavy atom. The van der Waals surface area contributed by atoms with Gasteiger partial charge in [0.1, 0.15) is 18.1 Å². The molecule has 2 N–H and O–H groups in total. The van der Waals surface area contributed by atoms with E-state index in [4.69, 9.17) is 9.47 Å². The van der Waals surface area contributed by atoms with E-state index in [0.717, 1.165) is 5.69 Å². The number of rotatable bonds is 8. The number of benzene rings is 1. The van der Waals surface area contributed by atoms with Crippen molar-refractivity contribution in [2.75, 3.05) is 26.9 Å². The van der Waals surface area contributed by atoms with Gasteiger partial charge in [0.15, 0.2) is 0 Å². The van der Waals surface area contributed by atoms with Gasteiger partial charge in [-0.2, -0.15) is 0 Å². The van der Waals surface area contributed by atoms with Crippen molar-refractivity contribution in [1.29, 1.82) is 0 Å². The van der Waals surface area contributed by atoms with Crippen LogP contribution in [0.4, 0.5) is 13.2 Å². The Hall–Kier alpha value is -3.53. The number of methoxy groups -OCH3 is 1. The number of carbonyl (C=O) groups excluding carboxylic acids is 1. The van der Waals surface area contributed by atoms with E-state index in [1.807, 2.05) is 0 Å². The van der Waals surface area contributed by atoms with Crippen LogP contribution in [0.15, 0.2) is 42.7 Å². The van der Waals surface area contributed by atoms with E-state index in [2.05, 4.69) is 20.0 Å². The number of fused-ring (bicyclic) bond motifs is 1. The standard InChI is InChI=1S/C23H22F3N3O4/c1-31-10-11-32-19-13-27-8-6-15(19)21-16(20-17(29-21)7-9-28-22(20)30)12-14-4-2-3-5-18(14)33-23(24,25)26/h2-6,8,13,29H,7,9-12H2,1H3,(H,28,30). The van der Waals surface area contributed by atoms with E-state index in [0.29, 0.717) is 53.3 Å². The normalized spacial score (nSPS) is 13.4. The van der Waals surface area contributed by atoms with Crippen molar-refractivity contribution in [2.24, 2.45) is 0 Å². The summed E-state index contributed by atoms with van der Waals surface area (Å²) in [6, 6.07) is 7.64. The van der Waals surface area contributed by atoms with Crippen LogP contribution in [-0.4, -0.2) is 49.1 Å². The lowest BCUT2D eigenvalue weighted by atomic mass is 9.95. The zero-order valence-electron chi connectivity index (χ0n) is 17.8. The molecule has 0 aliphatic carbocycles. The number of hydrogen-bond donors (Lipinski definition) is 2. The average Bonchev–Trinajstić information content (AvgIpc) is 3.14. The molecule has 0 saturated carbocycles. The quantitative estimate of drug-likeness (QED) is 0.498. The van der Waals surface area contributed by atoms with Crippen molar-refractivity contribution in [2.45, 2.75) is 19.2 Å². The molecule has 7 nitrogen and oxygen atoms in total. The number of carbonyl (C=O) groups is 1. The minimum absolute atomic E-state index is 0.0423. The number of nitrogens with zero attached hydrogens (tertiary/aromatic N) is 1. The SMILES string of the molecule is COCCOc1cnccc1-c1[nH]c2c(c1Cc1ccccc1OC(F)(F)F)C(=O)NCC2. The molecule has 0 spiro atoms. The van der Waals surface area contributed by atoms with E-state index in [-0.39, 0.29) is 24.7 Å². The monoisotopic (exact) mass is 461 g/mol. The van der Waals surface area contributed by atoms with Crippen LogP contribution < -0.4 is 14.8 Å². The van der Waals surface area contributed by atoms with Crippen LogP contribution in [0.3, 0.4) is 0 Å². The first-order valence-corrected chi connectivity index (χ1v) is 10.3. The summed E-state index contributed by atoms with van der Waals surface area (Å²) in [7, 11) is 1.56. The van der Waals surface area contributed by atoms with Gasteiger partial charge in [-0.25, -0.2) is 0 Å². The average molecular weight is 461 g/mol. The zero-order chi connectivity index (χ0) is 23.4. The second-order valence-corrected chi connectivity index (χ2v) is 7.38. The molecule has 0 saturated heterocycles. The van der Waals surface area contributed by atoms with Crippen molar-refractivity contribution in [3.05, 3.63) is 65.1 Å². The lowest BCUT2D eigenvalue weighted by Gasteiger charge is -2.16. The maximum atomic E-state index is 13.0. The first-order chi connectivity index (χ1) is 15.9. The van der Waals surface area contributed by atoms with Crippen molar-refractivity contribution in [3.8, 4) is 22.8 Å². The summed E-state index contributed by atoms with van der Waals surface area (Å²) in [5.74, 6) is -0.123. The second kappa shape index (κ2) is 9.53. The summed E-state index contributed by atoms with van der Waals surface area (Å²) in [4.78, 5) is 20.2. The Morgan fingerprint density at radius 3 is 2.73 bits per heavy atom. The van der Waals surface area contributed by atoms with Crippen molar-refractivity contribution in [1.82, 2.24) is 15.3 Å². The van der Waals surface area contributed by atoms with Crippen LogP contribution in [0.1, 0.15) is 27.2 Å². The highest BCUT2D eigenvalue weighted by Crippen LogP contribution is 2.38. The number of aromatic amines is 1. The fourth-order valence-electron chi connectivity index (χ4n) is 3.85. The third-order valence-corrected chi connectivity index (χ3v) is 5.23. The predicted octanol–water partition coefficient (Wildman–Crippen LogP) is 3.88. The van der Waals surface area contributed by atoms with Gasteiger partial charge in [0.2, 0.25) is 0 Å². The lowest BCUT2D eigenvalue weighted by Crippen LogP contribution is -2.32. The zero-order valence-corrected chi connectivity index (χ0v) is 17.8. The summed E-state index contributed by atoms with van der Waals surface area (Å²) < 4.78 is 53.9. The Morgan fingerprint density at radius 2 is 1.94 bits per heavy atom. The Bertz CT molecular complexity index is 1140. The number of nitrogens with one attached hydrogen (secondary N) is 2. The molecule has 1 amide bonds. The highest BCUT2D eigenvalue weighted by Gasteiger charge is 2.33. The molecule has 1 aliphatic rings. The fraction of sp³-hybridized carbons (Fsp3) is 0.304. The molecule has 3 heterocycles. The topological polar surface area (TPSA) is 85.5 Å². The van der Waals surface area contributed by atoms with Crippen LogP contribution in [0.5, 0.6) is 11.5 Å². The number of H-pyrrole nitrogens is 1. The third-order valence-electron chi connectivity index (χ3n) is 5.23. The van der Waals surface area contributed by atoms with Crippen molar-refractivity contribution < 1.29 is 32.2 Å². The minimum Gasteiger partial charge on any atom is -0.489 e. The third kappa shape index (κ3) is 5.11. The van der Waals surface area contributed by atoms with E-state index in [1.165, 1.54) is 12.1 Å². The van der Waals surface area contributed by atoms with Gasteiger partial charge in [-0.05, 0) is 23.3 Å². The Labute approximate surface area is 187 Å². The van der Waals surface area contributed by atoms with Crippen LogP contribution in [-0.2, 0) is 17.6 Å². The number of pyridine rings is 1. The number of halogens is 3. The summed E-state index contributed by atoms with van der Waals surface area (Å²) in [6.07, 6.45) is -1.08. The number of ether oxygens (including phenoxy) is 3. The number of aromatic nitrogens is 2. The molecule has 3 aromatic rings. The number of amides is 1. The molecule has 33 heavy (non-hydrogen) atoms. The van der Waals surface area contributed by atoms with Gasteiger partial charge in [0.25, 0.3) is 5.91 Å². The van der Waals surface area contributed by atoms with E-state index < -0.39 is 6.36 Å². The van der Waals surface area contributed by atoms with E-state index in [1.54, 1.807) is 37.7 Å². The van der Waals surface area contributed by atoms with E-state index >= 15 is 0 Å². The molecule has 0 atom stereocenters.